The largest absolute Gasteiger partial charge is 0.441 e. The van der Waals surface area contributed by atoms with Crippen LogP contribution < -0.4 is 0 Å². The average molecular weight is 408 g/mol. The van der Waals surface area contributed by atoms with E-state index in [0.717, 1.165) is 37.2 Å². The minimum atomic E-state index is -4.37. The zero-order valence-corrected chi connectivity index (χ0v) is 17.1. The second-order valence-electron chi connectivity index (χ2n) is 8.24. The molecule has 29 heavy (non-hydrogen) atoms. The summed E-state index contributed by atoms with van der Waals surface area (Å²) in [7, 11) is 0. The molecule has 1 unspecified atom stereocenters. The number of hydrogen-bond acceptors (Lipinski definition) is 4. The summed E-state index contributed by atoms with van der Waals surface area (Å²) in [5, 5.41) is 0. The number of carbonyl (C=O) groups excluding carboxylic acids is 1. The third-order valence-electron chi connectivity index (χ3n) is 5.30. The van der Waals surface area contributed by atoms with Crippen LogP contribution in [0, 0.1) is 18.8 Å². The van der Waals surface area contributed by atoms with Crippen molar-refractivity contribution in [1.29, 1.82) is 0 Å². The molecule has 0 radical (unpaired) electrons. The third kappa shape index (κ3) is 5.47. The van der Waals surface area contributed by atoms with Crippen LogP contribution in [0.2, 0.25) is 0 Å². The number of alkyl halides is 3. The minimum absolute atomic E-state index is 0.0627. The summed E-state index contributed by atoms with van der Waals surface area (Å²) < 4.78 is 43.9. The molecule has 1 atom stereocenters. The van der Waals surface area contributed by atoms with E-state index in [-0.39, 0.29) is 5.92 Å². The highest BCUT2D eigenvalue weighted by molar-refractivity contribution is 5.81. The molecule has 0 bridgehead atoms. The number of piperidine rings is 1. The van der Waals surface area contributed by atoms with Crippen molar-refractivity contribution in [3.63, 3.8) is 0 Å². The van der Waals surface area contributed by atoms with Crippen molar-refractivity contribution < 1.29 is 22.4 Å². The molecule has 2 aromatic rings. The lowest BCUT2D eigenvalue weighted by atomic mass is 9.89. The summed E-state index contributed by atoms with van der Waals surface area (Å²) in [6, 6.07) is 4.81. The maximum absolute atomic E-state index is 12.7. The number of Topliss-reactive ketones (excluding diaryl/α,β-unsaturated/α-hetero) is 1. The number of halogens is 3. The van der Waals surface area contributed by atoms with Crippen molar-refractivity contribution in [3.8, 4) is 11.5 Å². The van der Waals surface area contributed by atoms with E-state index in [9.17, 15) is 18.0 Å². The first-order valence-electron chi connectivity index (χ1n) is 10.0. The van der Waals surface area contributed by atoms with Crippen molar-refractivity contribution in [2.75, 3.05) is 13.1 Å². The summed E-state index contributed by atoms with van der Waals surface area (Å²) in [6.45, 7) is 8.10. The molecule has 1 aliphatic heterocycles. The fraction of sp³-hybridized carbons (Fsp3) is 0.545. The molecule has 0 N–H and O–H groups in total. The van der Waals surface area contributed by atoms with Gasteiger partial charge in [-0.15, -0.1) is 0 Å². The van der Waals surface area contributed by atoms with Crippen LogP contribution in [0.5, 0.6) is 0 Å². The molecule has 0 aliphatic carbocycles. The Morgan fingerprint density at radius 3 is 2.59 bits per heavy atom. The van der Waals surface area contributed by atoms with E-state index in [0.29, 0.717) is 48.4 Å². The van der Waals surface area contributed by atoms with Gasteiger partial charge in [-0.25, -0.2) is 4.98 Å². The molecular weight excluding hydrogens is 381 g/mol. The Labute approximate surface area is 169 Å². The summed E-state index contributed by atoms with van der Waals surface area (Å²) in [5.74, 6) is 1.72. The van der Waals surface area contributed by atoms with E-state index in [2.05, 4.69) is 23.7 Å². The van der Waals surface area contributed by atoms with Gasteiger partial charge in [-0.3, -0.25) is 9.69 Å². The van der Waals surface area contributed by atoms with E-state index in [1.54, 1.807) is 6.92 Å². The van der Waals surface area contributed by atoms with E-state index in [4.69, 9.17) is 4.42 Å². The number of oxazole rings is 1. The monoisotopic (exact) mass is 408 g/mol. The van der Waals surface area contributed by atoms with Crippen molar-refractivity contribution in [2.45, 2.75) is 52.8 Å². The molecule has 1 aromatic heterocycles. The lowest BCUT2D eigenvalue weighted by Crippen LogP contribution is -2.38. The van der Waals surface area contributed by atoms with Crippen molar-refractivity contribution in [2.24, 2.45) is 11.8 Å². The lowest BCUT2D eigenvalue weighted by molar-refractivity contribution is -0.137. The maximum atomic E-state index is 12.7. The molecule has 1 aliphatic rings. The van der Waals surface area contributed by atoms with Crippen LogP contribution in [0.1, 0.15) is 50.1 Å². The number of ketones is 1. The third-order valence-corrected chi connectivity index (χ3v) is 5.30. The molecule has 1 saturated heterocycles. The highest BCUT2D eigenvalue weighted by Gasteiger charge is 2.30. The van der Waals surface area contributed by atoms with E-state index in [1.807, 2.05) is 0 Å². The van der Waals surface area contributed by atoms with Crippen LogP contribution in [0.4, 0.5) is 13.2 Å². The highest BCUT2D eigenvalue weighted by atomic mass is 19.4. The van der Waals surface area contributed by atoms with Crippen LogP contribution in [0.3, 0.4) is 0 Å². The van der Waals surface area contributed by atoms with Crippen LogP contribution >= 0.6 is 0 Å². The van der Waals surface area contributed by atoms with Gasteiger partial charge in [-0.2, -0.15) is 13.2 Å². The van der Waals surface area contributed by atoms with Gasteiger partial charge in [-0.1, -0.05) is 13.8 Å². The number of benzene rings is 1. The Hall–Kier alpha value is -2.15. The Morgan fingerprint density at radius 2 is 1.97 bits per heavy atom. The van der Waals surface area contributed by atoms with Gasteiger partial charge in [0.1, 0.15) is 11.5 Å². The smallest absolute Gasteiger partial charge is 0.416 e. The fourth-order valence-electron chi connectivity index (χ4n) is 3.74. The topological polar surface area (TPSA) is 46.3 Å². The zero-order chi connectivity index (χ0) is 21.2. The molecule has 2 heterocycles. The first kappa shape index (κ1) is 21.6. The molecule has 3 rings (SSSR count). The zero-order valence-electron chi connectivity index (χ0n) is 17.1. The Morgan fingerprint density at radius 1 is 1.28 bits per heavy atom. The van der Waals surface area contributed by atoms with Gasteiger partial charge in [0.25, 0.3) is 0 Å². The standard InChI is InChI=1S/C22H27F3N2O2/c1-14(2)11-20(28)17-5-4-10-27(12-17)13-19-15(3)29-21(26-19)16-6-8-18(9-7-16)22(23,24)25/h6-9,14,17H,4-5,10-13H2,1-3H3. The second kappa shape index (κ2) is 8.69. The van der Waals surface area contributed by atoms with E-state index < -0.39 is 11.7 Å². The molecule has 1 aromatic carbocycles. The SMILES string of the molecule is Cc1oc(-c2ccc(C(F)(F)F)cc2)nc1CN1CCCC(C(=O)CC(C)C)C1. The Kier molecular flexibility index (Phi) is 6.46. The van der Waals surface area contributed by atoms with E-state index >= 15 is 0 Å². The van der Waals surface area contributed by atoms with Gasteiger partial charge >= 0.3 is 6.18 Å². The maximum Gasteiger partial charge on any atom is 0.416 e. The predicted molar refractivity (Wildman–Crippen MR) is 104 cm³/mol. The van der Waals surface area contributed by atoms with Gasteiger partial charge in [-0.05, 0) is 56.5 Å². The molecular formula is C22H27F3N2O2. The van der Waals surface area contributed by atoms with Gasteiger partial charge in [0, 0.05) is 31.0 Å². The number of nitrogens with zero attached hydrogens (tertiary/aromatic N) is 2. The predicted octanol–water partition coefficient (Wildman–Crippen LogP) is 5.50. The van der Waals surface area contributed by atoms with Crippen LogP contribution in [-0.4, -0.2) is 28.8 Å². The molecule has 0 saturated carbocycles. The minimum Gasteiger partial charge on any atom is -0.441 e. The summed E-state index contributed by atoms with van der Waals surface area (Å²) in [5.41, 5.74) is 0.572. The average Bonchev–Trinajstić information content (AvgIpc) is 3.01. The van der Waals surface area contributed by atoms with Gasteiger partial charge in [0.15, 0.2) is 0 Å². The first-order chi connectivity index (χ1) is 13.6. The molecule has 4 nitrogen and oxygen atoms in total. The molecule has 158 valence electrons. The highest BCUT2D eigenvalue weighted by Crippen LogP contribution is 2.31. The molecule has 0 amide bonds. The second-order valence-corrected chi connectivity index (χ2v) is 8.24. The Bertz CT molecular complexity index is 841. The number of aryl methyl sites for hydroxylation is 1. The van der Waals surface area contributed by atoms with Gasteiger partial charge in [0.05, 0.1) is 11.3 Å². The molecule has 7 heteroatoms. The Balaban J connectivity index is 1.68. The van der Waals surface area contributed by atoms with Crippen LogP contribution in [0.15, 0.2) is 28.7 Å². The van der Waals surface area contributed by atoms with Crippen LogP contribution in [-0.2, 0) is 17.5 Å². The number of aromatic nitrogens is 1. The molecule has 1 fully saturated rings. The first-order valence-corrected chi connectivity index (χ1v) is 10.0. The number of carbonyl (C=O) groups is 1. The van der Waals surface area contributed by atoms with Gasteiger partial charge in [0.2, 0.25) is 5.89 Å². The normalized spacial score (nSPS) is 18.4. The van der Waals surface area contributed by atoms with Crippen molar-refractivity contribution in [3.05, 3.63) is 41.3 Å². The van der Waals surface area contributed by atoms with Crippen molar-refractivity contribution in [1.82, 2.24) is 9.88 Å². The summed E-state index contributed by atoms with van der Waals surface area (Å²) in [4.78, 5) is 19.1. The van der Waals surface area contributed by atoms with Crippen LogP contribution in [0.25, 0.3) is 11.5 Å². The van der Waals surface area contributed by atoms with Gasteiger partial charge < -0.3 is 4.42 Å². The number of likely N-dealkylation sites (tertiary alicyclic amines) is 1. The number of rotatable bonds is 6. The number of hydrogen-bond donors (Lipinski definition) is 0. The van der Waals surface area contributed by atoms with Crippen molar-refractivity contribution >= 4 is 5.78 Å². The quantitative estimate of drug-likeness (QED) is 0.634. The molecule has 0 spiro atoms. The fourth-order valence-corrected chi connectivity index (χ4v) is 3.74. The summed E-state index contributed by atoms with van der Waals surface area (Å²) in [6.07, 6.45) is -1.86. The lowest BCUT2D eigenvalue weighted by Gasteiger charge is -2.31. The van der Waals surface area contributed by atoms with E-state index in [1.165, 1.54) is 12.1 Å². The summed E-state index contributed by atoms with van der Waals surface area (Å²) >= 11 is 0.